The third-order valence-electron chi connectivity index (χ3n) is 2.55. The van der Waals surface area contributed by atoms with E-state index in [1.807, 2.05) is 37.3 Å². The molecular formula is C14H16N2O2S2. The van der Waals surface area contributed by atoms with E-state index in [9.17, 15) is 8.42 Å². The molecule has 1 aromatic carbocycles. The highest BCUT2D eigenvalue weighted by Crippen LogP contribution is 2.11. The number of thiazole rings is 1. The molecule has 106 valence electrons. The van der Waals surface area contributed by atoms with Crippen LogP contribution >= 0.6 is 11.3 Å². The molecule has 1 heterocycles. The Balaban J connectivity index is 1.86. The van der Waals surface area contributed by atoms with E-state index in [0.29, 0.717) is 13.0 Å². The first-order valence-electron chi connectivity index (χ1n) is 6.19. The van der Waals surface area contributed by atoms with Crippen molar-refractivity contribution in [1.29, 1.82) is 0 Å². The Morgan fingerprint density at radius 1 is 1.30 bits per heavy atom. The number of hydrogen-bond donors (Lipinski definition) is 1. The third kappa shape index (κ3) is 4.88. The third-order valence-corrected chi connectivity index (χ3v) is 4.62. The van der Waals surface area contributed by atoms with Gasteiger partial charge in [-0.2, -0.15) is 0 Å². The molecule has 2 aromatic rings. The first kappa shape index (κ1) is 14.9. The van der Waals surface area contributed by atoms with Crippen molar-refractivity contribution in [3.8, 4) is 0 Å². The predicted octanol–water partition coefficient (Wildman–Crippen LogP) is 2.58. The zero-order valence-electron chi connectivity index (χ0n) is 11.1. The molecule has 4 nitrogen and oxygen atoms in total. The fraction of sp³-hybridized carbons (Fsp3) is 0.214. The number of sulfonamides is 1. The monoisotopic (exact) mass is 308 g/mol. The molecule has 0 aliphatic carbocycles. The summed E-state index contributed by atoms with van der Waals surface area (Å²) in [5.41, 5.74) is 0.855. The van der Waals surface area contributed by atoms with Crippen molar-refractivity contribution in [2.45, 2.75) is 13.3 Å². The maximum Gasteiger partial charge on any atom is 0.233 e. The van der Waals surface area contributed by atoms with Gasteiger partial charge in [-0.3, -0.25) is 0 Å². The van der Waals surface area contributed by atoms with Crippen molar-refractivity contribution in [1.82, 2.24) is 9.71 Å². The van der Waals surface area contributed by atoms with Crippen LogP contribution in [0.1, 0.15) is 15.4 Å². The van der Waals surface area contributed by atoms with Gasteiger partial charge in [0.25, 0.3) is 0 Å². The molecule has 0 bridgehead atoms. The summed E-state index contributed by atoms with van der Waals surface area (Å²) >= 11 is 1.58. The summed E-state index contributed by atoms with van der Waals surface area (Å²) in [6, 6.07) is 9.32. The molecule has 0 fully saturated rings. The molecule has 20 heavy (non-hydrogen) atoms. The highest BCUT2D eigenvalue weighted by Gasteiger charge is 2.05. The van der Waals surface area contributed by atoms with Gasteiger partial charge in [0.05, 0.1) is 5.01 Å². The molecule has 1 N–H and O–H groups in total. The van der Waals surface area contributed by atoms with E-state index in [0.717, 1.165) is 15.4 Å². The van der Waals surface area contributed by atoms with Gasteiger partial charge in [-0.05, 0) is 18.6 Å². The van der Waals surface area contributed by atoms with Crippen LogP contribution in [-0.4, -0.2) is 19.9 Å². The lowest BCUT2D eigenvalue weighted by atomic mass is 10.2. The SMILES string of the molecule is Cc1cnc(CCNS(=O)(=O)C=Cc2ccccc2)s1. The van der Waals surface area contributed by atoms with Gasteiger partial charge in [-0.25, -0.2) is 18.1 Å². The Labute approximate surface area is 123 Å². The molecule has 0 spiro atoms. The van der Waals surface area contributed by atoms with E-state index in [1.54, 1.807) is 23.6 Å². The Bertz CT molecular complexity index is 676. The lowest BCUT2D eigenvalue weighted by Crippen LogP contribution is -2.23. The highest BCUT2D eigenvalue weighted by atomic mass is 32.2. The van der Waals surface area contributed by atoms with Gasteiger partial charge < -0.3 is 0 Å². The fourth-order valence-electron chi connectivity index (χ4n) is 1.60. The molecule has 1 aromatic heterocycles. The van der Waals surface area contributed by atoms with Crippen LogP contribution in [0, 0.1) is 6.92 Å². The summed E-state index contributed by atoms with van der Waals surface area (Å²) in [7, 11) is -3.40. The number of hydrogen-bond acceptors (Lipinski definition) is 4. The fourth-order valence-corrected chi connectivity index (χ4v) is 3.20. The average Bonchev–Trinajstić information content (AvgIpc) is 2.83. The van der Waals surface area contributed by atoms with Crippen LogP contribution < -0.4 is 4.72 Å². The Morgan fingerprint density at radius 2 is 2.05 bits per heavy atom. The minimum absolute atomic E-state index is 0.356. The van der Waals surface area contributed by atoms with Crippen molar-refractivity contribution >= 4 is 27.4 Å². The zero-order chi connectivity index (χ0) is 14.4. The van der Waals surface area contributed by atoms with Gasteiger partial charge in [0.2, 0.25) is 10.0 Å². The summed E-state index contributed by atoms with van der Waals surface area (Å²) in [6.45, 7) is 2.34. The lowest BCUT2D eigenvalue weighted by Gasteiger charge is -2.00. The first-order valence-corrected chi connectivity index (χ1v) is 8.55. The van der Waals surface area contributed by atoms with E-state index in [4.69, 9.17) is 0 Å². The molecule has 0 aliphatic heterocycles. The standard InChI is InChI=1S/C14H16N2O2S2/c1-12-11-15-14(19-12)7-9-16-20(17,18)10-8-13-5-3-2-4-6-13/h2-6,8,10-11,16H,7,9H2,1H3. The second-order valence-electron chi connectivity index (χ2n) is 4.27. The number of nitrogens with zero attached hydrogens (tertiary/aromatic N) is 1. The first-order chi connectivity index (χ1) is 9.55. The second-order valence-corrected chi connectivity index (χ2v) is 7.24. The topological polar surface area (TPSA) is 59.1 Å². The molecule has 6 heteroatoms. The maximum absolute atomic E-state index is 11.8. The molecule has 0 amide bonds. The van der Waals surface area contributed by atoms with Gasteiger partial charge in [0, 0.05) is 29.4 Å². The molecule has 2 rings (SSSR count). The molecular weight excluding hydrogens is 292 g/mol. The maximum atomic E-state index is 11.8. The number of aryl methyl sites for hydroxylation is 1. The summed E-state index contributed by atoms with van der Waals surface area (Å²) in [6.07, 6.45) is 3.98. The predicted molar refractivity (Wildman–Crippen MR) is 83.0 cm³/mol. The van der Waals surface area contributed by atoms with Crippen molar-refractivity contribution in [2.75, 3.05) is 6.54 Å². The number of benzene rings is 1. The van der Waals surface area contributed by atoms with Crippen molar-refractivity contribution in [3.05, 3.63) is 57.4 Å². The van der Waals surface area contributed by atoms with Crippen LogP contribution in [-0.2, 0) is 16.4 Å². The van der Waals surface area contributed by atoms with Crippen LogP contribution in [0.3, 0.4) is 0 Å². The van der Waals surface area contributed by atoms with Gasteiger partial charge in [0.1, 0.15) is 0 Å². The Morgan fingerprint density at radius 3 is 2.70 bits per heavy atom. The van der Waals surface area contributed by atoms with Crippen molar-refractivity contribution < 1.29 is 8.42 Å². The largest absolute Gasteiger partial charge is 0.249 e. The van der Waals surface area contributed by atoms with Crippen LogP contribution in [0.2, 0.25) is 0 Å². The average molecular weight is 308 g/mol. The van der Waals surface area contributed by atoms with E-state index in [-0.39, 0.29) is 0 Å². The Hall–Kier alpha value is -1.50. The molecule has 0 atom stereocenters. The second kappa shape index (κ2) is 6.78. The number of aromatic nitrogens is 1. The van der Waals surface area contributed by atoms with Crippen LogP contribution in [0.4, 0.5) is 0 Å². The Kier molecular flexibility index (Phi) is 5.05. The summed E-state index contributed by atoms with van der Waals surface area (Å²) in [5, 5.41) is 2.13. The van der Waals surface area contributed by atoms with Crippen LogP contribution in [0.15, 0.2) is 41.9 Å². The molecule has 0 radical (unpaired) electrons. The smallest absolute Gasteiger partial charge is 0.233 e. The van der Waals surface area contributed by atoms with Crippen LogP contribution in [0.5, 0.6) is 0 Å². The number of nitrogens with one attached hydrogen (secondary N) is 1. The lowest BCUT2D eigenvalue weighted by molar-refractivity contribution is 0.591. The normalized spacial score (nSPS) is 12.1. The quantitative estimate of drug-likeness (QED) is 0.892. The summed E-state index contributed by atoms with van der Waals surface area (Å²) < 4.78 is 26.1. The summed E-state index contributed by atoms with van der Waals surface area (Å²) in [4.78, 5) is 5.33. The van der Waals surface area contributed by atoms with Crippen LogP contribution in [0.25, 0.3) is 6.08 Å². The minimum Gasteiger partial charge on any atom is -0.249 e. The van der Waals surface area contributed by atoms with E-state index >= 15 is 0 Å². The molecule has 0 saturated carbocycles. The van der Waals surface area contributed by atoms with Crippen molar-refractivity contribution in [2.24, 2.45) is 0 Å². The van der Waals surface area contributed by atoms with E-state index in [1.165, 1.54) is 5.41 Å². The zero-order valence-corrected chi connectivity index (χ0v) is 12.7. The van der Waals surface area contributed by atoms with E-state index < -0.39 is 10.0 Å². The molecule has 0 saturated heterocycles. The molecule has 0 unspecified atom stereocenters. The van der Waals surface area contributed by atoms with Gasteiger partial charge in [-0.1, -0.05) is 30.3 Å². The number of rotatable bonds is 6. The van der Waals surface area contributed by atoms with Gasteiger partial charge in [-0.15, -0.1) is 11.3 Å². The van der Waals surface area contributed by atoms with Crippen molar-refractivity contribution in [3.63, 3.8) is 0 Å². The minimum atomic E-state index is -3.40. The van der Waals surface area contributed by atoms with Gasteiger partial charge >= 0.3 is 0 Å². The summed E-state index contributed by atoms with van der Waals surface area (Å²) in [5.74, 6) is 0. The molecule has 0 aliphatic rings. The van der Waals surface area contributed by atoms with E-state index in [2.05, 4.69) is 9.71 Å². The highest BCUT2D eigenvalue weighted by molar-refractivity contribution is 7.92. The van der Waals surface area contributed by atoms with Gasteiger partial charge in [0.15, 0.2) is 0 Å².